The zero-order chi connectivity index (χ0) is 17.1. The molecule has 0 aliphatic heterocycles. The molecular formula is C16H14IN3O2S2. The number of rotatable bonds is 5. The Balaban J connectivity index is 1.74. The van der Waals surface area contributed by atoms with Crippen molar-refractivity contribution in [2.45, 2.75) is 18.6 Å². The fraction of sp³-hybridized carbons (Fsp3) is 0.188. The number of benzene rings is 1. The molecule has 0 unspecified atom stereocenters. The van der Waals surface area contributed by atoms with Gasteiger partial charge >= 0.3 is 0 Å². The van der Waals surface area contributed by atoms with E-state index in [9.17, 15) is 9.59 Å². The molecule has 0 spiro atoms. The van der Waals surface area contributed by atoms with Gasteiger partial charge in [-0.05, 0) is 65.2 Å². The van der Waals surface area contributed by atoms with Gasteiger partial charge in [-0.1, -0.05) is 11.8 Å². The molecule has 1 aromatic carbocycles. The van der Waals surface area contributed by atoms with Gasteiger partial charge in [0.2, 0.25) is 5.91 Å². The van der Waals surface area contributed by atoms with Gasteiger partial charge in [0.05, 0.1) is 11.3 Å². The summed E-state index contributed by atoms with van der Waals surface area (Å²) in [4.78, 5) is 29.1. The number of aromatic nitrogens is 2. The van der Waals surface area contributed by atoms with Crippen LogP contribution >= 0.6 is 45.7 Å². The fourth-order valence-corrected chi connectivity index (χ4v) is 4.17. The number of amides is 1. The Hall–Kier alpha value is -1.39. The van der Waals surface area contributed by atoms with Crippen LogP contribution in [-0.4, -0.2) is 21.2 Å². The lowest BCUT2D eigenvalue weighted by Crippen LogP contribution is -2.22. The second-order valence-corrected chi connectivity index (χ2v) is 8.03. The average molecular weight is 471 g/mol. The summed E-state index contributed by atoms with van der Waals surface area (Å²) in [5.41, 5.74) is 1.41. The average Bonchev–Trinajstić information content (AvgIpc) is 3.04. The number of carbonyl (C=O) groups is 1. The summed E-state index contributed by atoms with van der Waals surface area (Å²) in [5, 5.41) is 5.28. The van der Waals surface area contributed by atoms with Gasteiger partial charge in [0, 0.05) is 15.8 Å². The van der Waals surface area contributed by atoms with Crippen LogP contribution in [0.4, 0.5) is 5.69 Å². The van der Waals surface area contributed by atoms with E-state index in [1.165, 1.54) is 23.1 Å². The second-order valence-electron chi connectivity index (χ2n) is 4.92. The number of thioether (sulfide) groups is 1. The van der Waals surface area contributed by atoms with Crippen LogP contribution in [0.3, 0.4) is 0 Å². The minimum atomic E-state index is -0.122. The molecule has 0 aliphatic carbocycles. The SMILES string of the molecule is CCn1c(SCC(=O)Nc2ccc(I)cc2)nc2ccsc2c1=O. The summed E-state index contributed by atoms with van der Waals surface area (Å²) < 4.78 is 3.38. The van der Waals surface area contributed by atoms with Crippen LogP contribution in [0.15, 0.2) is 45.7 Å². The van der Waals surface area contributed by atoms with E-state index >= 15 is 0 Å². The van der Waals surface area contributed by atoms with E-state index in [-0.39, 0.29) is 17.2 Å². The summed E-state index contributed by atoms with van der Waals surface area (Å²) in [6, 6.07) is 9.43. The Morgan fingerprint density at radius 1 is 1.33 bits per heavy atom. The standard InChI is InChI=1S/C16H14IN3O2S2/c1-2-20-15(22)14-12(7-8-23-14)19-16(20)24-9-13(21)18-11-5-3-10(17)4-6-11/h3-8H,2,9H2,1H3,(H,18,21). The highest BCUT2D eigenvalue weighted by atomic mass is 127. The van der Waals surface area contributed by atoms with E-state index in [4.69, 9.17) is 0 Å². The molecule has 0 bridgehead atoms. The van der Waals surface area contributed by atoms with Gasteiger partial charge < -0.3 is 5.32 Å². The fourth-order valence-electron chi connectivity index (χ4n) is 2.17. The van der Waals surface area contributed by atoms with Crippen molar-refractivity contribution in [3.8, 4) is 0 Å². The van der Waals surface area contributed by atoms with E-state index in [0.29, 0.717) is 21.9 Å². The molecule has 5 nitrogen and oxygen atoms in total. The molecule has 1 N–H and O–H groups in total. The van der Waals surface area contributed by atoms with Crippen molar-refractivity contribution in [2.24, 2.45) is 0 Å². The number of fused-ring (bicyclic) bond motifs is 1. The van der Waals surface area contributed by atoms with Gasteiger partial charge in [-0.15, -0.1) is 11.3 Å². The molecule has 124 valence electrons. The number of anilines is 1. The van der Waals surface area contributed by atoms with Crippen molar-refractivity contribution >= 4 is 67.5 Å². The third kappa shape index (κ3) is 3.81. The summed E-state index contributed by atoms with van der Waals surface area (Å²) in [6.45, 7) is 2.43. The van der Waals surface area contributed by atoms with Gasteiger partial charge in [0.1, 0.15) is 4.70 Å². The molecular weight excluding hydrogens is 457 g/mol. The number of carbonyl (C=O) groups excluding carboxylic acids is 1. The van der Waals surface area contributed by atoms with Gasteiger partial charge in [-0.2, -0.15) is 0 Å². The van der Waals surface area contributed by atoms with E-state index < -0.39 is 0 Å². The van der Waals surface area contributed by atoms with Crippen molar-refractivity contribution in [2.75, 3.05) is 11.1 Å². The molecule has 0 saturated heterocycles. The number of hydrogen-bond acceptors (Lipinski definition) is 5. The first kappa shape index (κ1) is 17.4. The predicted octanol–water partition coefficient (Wildman–Crippen LogP) is 3.81. The Morgan fingerprint density at radius 2 is 2.08 bits per heavy atom. The first-order chi connectivity index (χ1) is 11.6. The molecule has 0 saturated carbocycles. The quantitative estimate of drug-likeness (QED) is 0.349. The Labute approximate surface area is 160 Å². The molecule has 0 fully saturated rings. The lowest BCUT2D eigenvalue weighted by Gasteiger charge is -2.10. The third-order valence-corrected chi connectivity index (χ3v) is 5.89. The molecule has 1 amide bonds. The summed E-state index contributed by atoms with van der Waals surface area (Å²) >= 11 is 4.89. The highest BCUT2D eigenvalue weighted by Gasteiger charge is 2.13. The van der Waals surface area contributed by atoms with Gasteiger partial charge in [-0.3, -0.25) is 14.2 Å². The zero-order valence-corrected chi connectivity index (χ0v) is 16.6. The first-order valence-corrected chi connectivity index (χ1v) is 10.2. The molecule has 2 heterocycles. The number of halogens is 1. The van der Waals surface area contributed by atoms with E-state index in [1.54, 1.807) is 4.57 Å². The highest BCUT2D eigenvalue weighted by Crippen LogP contribution is 2.21. The number of thiophene rings is 1. The summed E-state index contributed by atoms with van der Waals surface area (Å²) in [5.74, 6) is 0.0807. The zero-order valence-electron chi connectivity index (χ0n) is 12.8. The van der Waals surface area contributed by atoms with Gasteiger partial charge in [0.25, 0.3) is 5.56 Å². The first-order valence-electron chi connectivity index (χ1n) is 7.24. The largest absolute Gasteiger partial charge is 0.325 e. The number of hydrogen-bond donors (Lipinski definition) is 1. The summed E-state index contributed by atoms with van der Waals surface area (Å²) in [7, 11) is 0. The van der Waals surface area contributed by atoms with Crippen molar-refractivity contribution in [1.82, 2.24) is 9.55 Å². The number of nitrogens with one attached hydrogen (secondary N) is 1. The minimum Gasteiger partial charge on any atom is -0.325 e. The lowest BCUT2D eigenvalue weighted by atomic mass is 10.3. The van der Waals surface area contributed by atoms with Crippen molar-refractivity contribution in [1.29, 1.82) is 0 Å². The van der Waals surface area contributed by atoms with Crippen molar-refractivity contribution in [3.05, 3.63) is 49.6 Å². The maximum Gasteiger partial charge on any atom is 0.272 e. The van der Waals surface area contributed by atoms with Crippen LogP contribution in [0.5, 0.6) is 0 Å². The maximum absolute atomic E-state index is 12.4. The monoisotopic (exact) mass is 471 g/mol. The van der Waals surface area contributed by atoms with E-state index in [1.807, 2.05) is 42.6 Å². The molecule has 8 heteroatoms. The minimum absolute atomic E-state index is 0.0435. The summed E-state index contributed by atoms with van der Waals surface area (Å²) in [6.07, 6.45) is 0. The van der Waals surface area contributed by atoms with Crippen LogP contribution in [0, 0.1) is 3.57 Å². The molecule has 3 rings (SSSR count). The molecule has 2 aromatic heterocycles. The Kier molecular flexibility index (Phi) is 5.57. The van der Waals surface area contributed by atoms with Crippen LogP contribution < -0.4 is 10.9 Å². The van der Waals surface area contributed by atoms with Gasteiger partial charge in [0.15, 0.2) is 5.16 Å². The molecule has 0 aliphatic rings. The van der Waals surface area contributed by atoms with Crippen LogP contribution in [0.2, 0.25) is 0 Å². The maximum atomic E-state index is 12.4. The normalized spacial score (nSPS) is 10.9. The van der Waals surface area contributed by atoms with Crippen molar-refractivity contribution in [3.63, 3.8) is 0 Å². The van der Waals surface area contributed by atoms with Crippen LogP contribution in [0.1, 0.15) is 6.92 Å². The van der Waals surface area contributed by atoms with Crippen LogP contribution in [-0.2, 0) is 11.3 Å². The topological polar surface area (TPSA) is 64.0 Å². The predicted molar refractivity (Wildman–Crippen MR) is 108 cm³/mol. The second kappa shape index (κ2) is 7.66. The highest BCUT2D eigenvalue weighted by molar-refractivity contribution is 14.1. The van der Waals surface area contributed by atoms with E-state index in [0.717, 1.165) is 9.26 Å². The smallest absolute Gasteiger partial charge is 0.272 e. The van der Waals surface area contributed by atoms with Crippen LogP contribution in [0.25, 0.3) is 10.2 Å². The Bertz CT molecular complexity index is 935. The molecule has 0 radical (unpaired) electrons. The van der Waals surface area contributed by atoms with Gasteiger partial charge in [-0.25, -0.2) is 4.98 Å². The lowest BCUT2D eigenvalue weighted by molar-refractivity contribution is -0.113. The molecule has 24 heavy (non-hydrogen) atoms. The molecule has 3 aromatic rings. The Morgan fingerprint density at radius 3 is 2.79 bits per heavy atom. The number of nitrogens with zero attached hydrogens (tertiary/aromatic N) is 2. The van der Waals surface area contributed by atoms with E-state index in [2.05, 4.69) is 32.9 Å². The van der Waals surface area contributed by atoms with Crippen molar-refractivity contribution < 1.29 is 4.79 Å². The molecule has 0 atom stereocenters. The third-order valence-electron chi connectivity index (χ3n) is 3.31.